The van der Waals surface area contributed by atoms with Crippen molar-refractivity contribution in [3.63, 3.8) is 0 Å². The van der Waals surface area contributed by atoms with Crippen LogP contribution in [0.15, 0.2) is 28.0 Å². The van der Waals surface area contributed by atoms with Gasteiger partial charge in [0, 0.05) is 41.7 Å². The van der Waals surface area contributed by atoms with Crippen LogP contribution in [0, 0.1) is 0 Å². The van der Waals surface area contributed by atoms with E-state index in [0.29, 0.717) is 11.4 Å². The molecule has 0 radical (unpaired) electrons. The number of nitrogen functional groups attached to an aromatic ring is 1. The third-order valence-electron chi connectivity index (χ3n) is 5.04. The van der Waals surface area contributed by atoms with Crippen molar-refractivity contribution in [1.82, 2.24) is 19.5 Å². The Morgan fingerprint density at radius 1 is 1.23 bits per heavy atom. The lowest BCUT2D eigenvalue weighted by molar-refractivity contribution is 0.681. The molecule has 0 aliphatic rings. The van der Waals surface area contributed by atoms with Crippen LogP contribution in [0.5, 0.6) is 0 Å². The van der Waals surface area contributed by atoms with Crippen molar-refractivity contribution in [3.8, 4) is 22.0 Å². The van der Waals surface area contributed by atoms with Crippen LogP contribution in [0.4, 0.5) is 5.69 Å². The van der Waals surface area contributed by atoms with Crippen LogP contribution < -0.4 is 5.73 Å². The summed E-state index contributed by atoms with van der Waals surface area (Å²) < 4.78 is 15.7. The smallest absolute Gasteiger partial charge is 0.141 e. The molecule has 0 aliphatic heterocycles. The molecule has 0 saturated carbocycles. The molecule has 0 spiro atoms. The van der Waals surface area contributed by atoms with E-state index in [-0.39, 0.29) is 0 Å². The van der Waals surface area contributed by atoms with Crippen molar-refractivity contribution in [3.05, 3.63) is 29.7 Å². The minimum atomic E-state index is -1.12. The Bertz CT molecular complexity index is 1190. The molecule has 0 saturated heterocycles. The zero-order chi connectivity index (χ0) is 21.3. The predicted molar refractivity (Wildman–Crippen MR) is 128 cm³/mol. The molecule has 4 aromatic heterocycles. The van der Waals surface area contributed by atoms with Gasteiger partial charge in [-0.15, -0.1) is 22.7 Å². The van der Waals surface area contributed by atoms with Gasteiger partial charge in [0.2, 0.25) is 0 Å². The van der Waals surface area contributed by atoms with Crippen LogP contribution in [0.1, 0.15) is 38.9 Å². The number of aromatic nitrogens is 4. The molecule has 0 bridgehead atoms. The van der Waals surface area contributed by atoms with E-state index in [0.717, 1.165) is 67.9 Å². The Hall–Kier alpha value is -2.10. The van der Waals surface area contributed by atoms with E-state index in [1.165, 1.54) is 11.3 Å². The molecule has 4 heterocycles. The highest BCUT2D eigenvalue weighted by Crippen LogP contribution is 2.43. The standard InChI is InChI=1S/C21H25N5OS3/c1-4-6-10-30(27)21-18(22)17-13(15-12-24-16(7-5-2)26(15)3)11-14(25-20(17)29-21)19-23-8-9-28-19/h8-9,11-12H,4-7,10,22H2,1-3H3. The van der Waals surface area contributed by atoms with Crippen molar-refractivity contribution >= 4 is 49.4 Å². The number of thiophene rings is 1. The van der Waals surface area contributed by atoms with Crippen molar-refractivity contribution in [1.29, 1.82) is 0 Å². The lowest BCUT2D eigenvalue weighted by Crippen LogP contribution is -2.01. The van der Waals surface area contributed by atoms with Gasteiger partial charge in [-0.3, -0.25) is 4.21 Å². The number of nitrogens with two attached hydrogens (primary N) is 1. The summed E-state index contributed by atoms with van der Waals surface area (Å²) in [7, 11) is 0.913. The summed E-state index contributed by atoms with van der Waals surface area (Å²) in [4.78, 5) is 14.7. The first kappa shape index (κ1) is 21.1. The molecule has 1 unspecified atom stereocenters. The number of hydrogen-bond acceptors (Lipinski definition) is 7. The van der Waals surface area contributed by atoms with Crippen molar-refractivity contribution in [2.45, 2.75) is 43.7 Å². The van der Waals surface area contributed by atoms with E-state index in [9.17, 15) is 4.21 Å². The maximum Gasteiger partial charge on any atom is 0.141 e. The van der Waals surface area contributed by atoms with E-state index in [4.69, 9.17) is 10.7 Å². The molecule has 0 amide bonds. The van der Waals surface area contributed by atoms with Crippen LogP contribution in [0.2, 0.25) is 0 Å². The van der Waals surface area contributed by atoms with Gasteiger partial charge in [-0.25, -0.2) is 15.0 Å². The summed E-state index contributed by atoms with van der Waals surface area (Å²) in [6.07, 6.45) is 7.53. The molecular weight excluding hydrogens is 434 g/mol. The van der Waals surface area contributed by atoms with E-state index in [1.807, 2.05) is 24.7 Å². The molecule has 158 valence electrons. The number of fused-ring (bicyclic) bond motifs is 1. The Kier molecular flexibility index (Phi) is 6.31. The quantitative estimate of drug-likeness (QED) is 0.388. The predicted octanol–water partition coefficient (Wildman–Crippen LogP) is 5.26. The number of thiazole rings is 1. The second kappa shape index (κ2) is 8.95. The second-order valence-electron chi connectivity index (χ2n) is 7.15. The Labute approximate surface area is 186 Å². The van der Waals surface area contributed by atoms with Gasteiger partial charge in [-0.1, -0.05) is 20.3 Å². The fourth-order valence-corrected chi connectivity index (χ4v) is 6.85. The molecule has 9 heteroatoms. The fourth-order valence-electron chi connectivity index (χ4n) is 3.45. The highest BCUT2D eigenvalue weighted by molar-refractivity contribution is 7.87. The SMILES string of the molecule is CCCCS(=O)c1sc2nc(-c3nccs3)cc(-c3cnc(CCC)n3C)c2c1N. The maximum atomic E-state index is 12.9. The lowest BCUT2D eigenvalue weighted by Gasteiger charge is -2.09. The number of rotatable bonds is 8. The summed E-state index contributed by atoms with van der Waals surface area (Å²) in [5.74, 6) is 1.66. The molecule has 4 rings (SSSR count). The molecule has 0 aromatic carbocycles. The van der Waals surface area contributed by atoms with Crippen LogP contribution >= 0.6 is 22.7 Å². The van der Waals surface area contributed by atoms with Crippen LogP contribution in [-0.2, 0) is 24.3 Å². The van der Waals surface area contributed by atoms with Gasteiger partial charge in [0.05, 0.1) is 28.4 Å². The number of imidazole rings is 1. The Morgan fingerprint density at radius 3 is 2.77 bits per heavy atom. The molecule has 1 atom stereocenters. The zero-order valence-electron chi connectivity index (χ0n) is 17.3. The molecule has 6 nitrogen and oxygen atoms in total. The molecule has 30 heavy (non-hydrogen) atoms. The van der Waals surface area contributed by atoms with Gasteiger partial charge in [0.15, 0.2) is 0 Å². The molecule has 4 aromatic rings. The summed E-state index contributed by atoms with van der Waals surface area (Å²) in [6, 6.07) is 2.04. The molecular formula is C21H25N5OS3. The van der Waals surface area contributed by atoms with Gasteiger partial charge in [-0.05, 0) is 18.9 Å². The van der Waals surface area contributed by atoms with Crippen LogP contribution in [0.3, 0.4) is 0 Å². The van der Waals surface area contributed by atoms with E-state index in [1.54, 1.807) is 17.5 Å². The summed E-state index contributed by atoms with van der Waals surface area (Å²) >= 11 is 2.99. The lowest BCUT2D eigenvalue weighted by atomic mass is 10.1. The van der Waals surface area contributed by atoms with Crippen LogP contribution in [0.25, 0.3) is 32.2 Å². The zero-order valence-corrected chi connectivity index (χ0v) is 19.8. The van der Waals surface area contributed by atoms with Crippen molar-refractivity contribution in [2.75, 3.05) is 11.5 Å². The van der Waals surface area contributed by atoms with E-state index in [2.05, 4.69) is 28.4 Å². The fraction of sp³-hybridized carbons (Fsp3) is 0.381. The number of anilines is 1. The van der Waals surface area contributed by atoms with Crippen LogP contribution in [-0.4, -0.2) is 29.5 Å². The number of hydrogen-bond donors (Lipinski definition) is 1. The van der Waals surface area contributed by atoms with Gasteiger partial charge in [0.1, 0.15) is 25.6 Å². The van der Waals surface area contributed by atoms with Crippen molar-refractivity contribution in [2.24, 2.45) is 7.05 Å². The third kappa shape index (κ3) is 3.81. The summed E-state index contributed by atoms with van der Waals surface area (Å²) in [5, 5.41) is 3.67. The number of pyridine rings is 1. The summed E-state index contributed by atoms with van der Waals surface area (Å²) in [6.45, 7) is 4.25. The normalized spacial score (nSPS) is 12.6. The maximum absolute atomic E-state index is 12.9. The van der Waals surface area contributed by atoms with Crippen molar-refractivity contribution < 1.29 is 4.21 Å². The average Bonchev–Trinajstić information content (AvgIpc) is 3.47. The number of nitrogens with zero attached hydrogens (tertiary/aromatic N) is 4. The topological polar surface area (TPSA) is 86.7 Å². The van der Waals surface area contributed by atoms with Gasteiger partial charge in [-0.2, -0.15) is 0 Å². The largest absolute Gasteiger partial charge is 0.396 e. The summed E-state index contributed by atoms with van der Waals surface area (Å²) in [5.41, 5.74) is 9.90. The highest BCUT2D eigenvalue weighted by Gasteiger charge is 2.23. The van der Waals surface area contributed by atoms with E-state index < -0.39 is 10.8 Å². The van der Waals surface area contributed by atoms with Gasteiger partial charge >= 0.3 is 0 Å². The third-order valence-corrected chi connectivity index (χ3v) is 8.83. The van der Waals surface area contributed by atoms with Gasteiger partial charge in [0.25, 0.3) is 0 Å². The Balaban J connectivity index is 1.94. The first-order valence-electron chi connectivity index (χ1n) is 10.1. The first-order chi connectivity index (χ1) is 14.5. The number of aryl methyl sites for hydroxylation is 1. The van der Waals surface area contributed by atoms with E-state index >= 15 is 0 Å². The molecule has 0 aliphatic carbocycles. The number of unbranched alkanes of at least 4 members (excludes halogenated alkanes) is 1. The molecule has 2 N–H and O–H groups in total. The monoisotopic (exact) mass is 459 g/mol. The minimum Gasteiger partial charge on any atom is -0.396 e. The molecule has 0 fully saturated rings. The highest BCUT2D eigenvalue weighted by atomic mass is 32.2. The minimum absolute atomic E-state index is 0.580. The first-order valence-corrected chi connectivity index (χ1v) is 13.1. The Morgan fingerprint density at radius 2 is 2.07 bits per heavy atom. The average molecular weight is 460 g/mol. The van der Waals surface area contributed by atoms with Gasteiger partial charge < -0.3 is 10.3 Å². The second-order valence-corrected chi connectivity index (χ2v) is 10.8.